The highest BCUT2D eigenvalue weighted by Gasteiger charge is 2.09. The normalized spacial score (nSPS) is 12.4. The highest BCUT2D eigenvalue weighted by atomic mass is 16.5. The minimum atomic E-state index is 0.255. The van der Waals surface area contributed by atoms with Crippen molar-refractivity contribution in [2.45, 2.75) is 19.8 Å². The summed E-state index contributed by atoms with van der Waals surface area (Å²) in [7, 11) is 1.66. The Morgan fingerprint density at radius 3 is 2.73 bits per heavy atom. The van der Waals surface area contributed by atoms with Gasteiger partial charge in [-0.3, -0.25) is 9.78 Å². The Balaban J connectivity index is 2.36. The Morgan fingerprint density at radius 1 is 1.47 bits per heavy atom. The van der Waals surface area contributed by atoms with E-state index in [4.69, 9.17) is 4.74 Å². The van der Waals surface area contributed by atoms with E-state index in [-0.39, 0.29) is 5.78 Å². The third kappa shape index (κ3) is 4.70. The van der Waals surface area contributed by atoms with E-state index in [1.54, 1.807) is 19.5 Å². The van der Waals surface area contributed by atoms with E-state index in [0.717, 1.165) is 5.56 Å². The molecular weight excluding hydrogens is 190 g/mol. The van der Waals surface area contributed by atoms with E-state index in [0.29, 0.717) is 25.4 Å². The molecule has 0 aliphatic carbocycles. The lowest BCUT2D eigenvalue weighted by atomic mass is 10.0. The average molecular weight is 207 g/mol. The number of aromatic nitrogens is 1. The third-order valence-corrected chi connectivity index (χ3v) is 2.18. The summed E-state index contributed by atoms with van der Waals surface area (Å²) in [6, 6.07) is 3.75. The Labute approximate surface area is 90.5 Å². The summed E-state index contributed by atoms with van der Waals surface area (Å²) in [5.74, 6) is 0.551. The first-order valence-corrected chi connectivity index (χ1v) is 5.12. The van der Waals surface area contributed by atoms with E-state index in [1.807, 2.05) is 19.1 Å². The summed E-state index contributed by atoms with van der Waals surface area (Å²) in [6.45, 7) is 2.66. The smallest absolute Gasteiger partial charge is 0.137 e. The number of nitrogens with zero attached hydrogens (tertiary/aromatic N) is 1. The first-order chi connectivity index (χ1) is 7.22. The number of ketones is 1. The van der Waals surface area contributed by atoms with Crippen LogP contribution < -0.4 is 0 Å². The van der Waals surface area contributed by atoms with E-state index < -0.39 is 0 Å². The van der Waals surface area contributed by atoms with Gasteiger partial charge in [-0.05, 0) is 23.6 Å². The van der Waals surface area contributed by atoms with Gasteiger partial charge in [-0.25, -0.2) is 0 Å². The van der Waals surface area contributed by atoms with Crippen LogP contribution in [0.3, 0.4) is 0 Å². The molecule has 1 atom stereocenters. The standard InChI is InChI=1S/C12H17NO2/c1-10(9-15-2)7-12(14)8-11-3-5-13-6-4-11/h3-6,10H,7-9H2,1-2H3. The lowest BCUT2D eigenvalue weighted by Gasteiger charge is -2.08. The second-order valence-corrected chi connectivity index (χ2v) is 3.84. The maximum Gasteiger partial charge on any atom is 0.137 e. The molecule has 0 saturated heterocycles. The summed E-state index contributed by atoms with van der Waals surface area (Å²) >= 11 is 0. The molecule has 0 aliphatic heterocycles. The van der Waals surface area contributed by atoms with Gasteiger partial charge in [-0.2, -0.15) is 0 Å². The van der Waals surface area contributed by atoms with Gasteiger partial charge in [0.1, 0.15) is 5.78 Å². The summed E-state index contributed by atoms with van der Waals surface area (Å²) < 4.78 is 4.99. The van der Waals surface area contributed by atoms with Crippen LogP contribution in [0.5, 0.6) is 0 Å². The Bertz CT molecular complexity index is 298. The van der Waals surface area contributed by atoms with E-state index in [1.165, 1.54) is 0 Å². The molecule has 1 aromatic heterocycles. The fourth-order valence-corrected chi connectivity index (χ4v) is 1.53. The zero-order chi connectivity index (χ0) is 11.1. The molecule has 0 spiro atoms. The van der Waals surface area contributed by atoms with E-state index >= 15 is 0 Å². The van der Waals surface area contributed by atoms with Crippen molar-refractivity contribution in [2.75, 3.05) is 13.7 Å². The van der Waals surface area contributed by atoms with Crippen LogP contribution >= 0.6 is 0 Å². The molecule has 82 valence electrons. The van der Waals surface area contributed by atoms with Crippen molar-refractivity contribution in [3.63, 3.8) is 0 Å². The predicted molar refractivity (Wildman–Crippen MR) is 58.6 cm³/mol. The first-order valence-electron chi connectivity index (χ1n) is 5.12. The highest BCUT2D eigenvalue weighted by Crippen LogP contribution is 2.07. The van der Waals surface area contributed by atoms with Crippen LogP contribution in [-0.4, -0.2) is 24.5 Å². The fraction of sp³-hybridized carbons (Fsp3) is 0.500. The molecule has 3 heteroatoms. The van der Waals surface area contributed by atoms with E-state index in [9.17, 15) is 4.79 Å². The SMILES string of the molecule is COCC(C)CC(=O)Cc1ccncc1. The van der Waals surface area contributed by atoms with Crippen LogP contribution in [0.15, 0.2) is 24.5 Å². The van der Waals surface area contributed by atoms with Gasteiger partial charge in [0.15, 0.2) is 0 Å². The molecular formula is C12H17NO2. The molecule has 1 aromatic rings. The van der Waals surface area contributed by atoms with E-state index in [2.05, 4.69) is 4.98 Å². The second-order valence-electron chi connectivity index (χ2n) is 3.84. The molecule has 0 N–H and O–H groups in total. The number of rotatable bonds is 6. The van der Waals surface area contributed by atoms with Crippen molar-refractivity contribution in [3.05, 3.63) is 30.1 Å². The highest BCUT2D eigenvalue weighted by molar-refractivity contribution is 5.80. The van der Waals surface area contributed by atoms with Gasteiger partial charge < -0.3 is 4.74 Å². The Hall–Kier alpha value is -1.22. The molecule has 0 amide bonds. The molecule has 1 unspecified atom stereocenters. The van der Waals surface area contributed by atoms with Crippen molar-refractivity contribution >= 4 is 5.78 Å². The number of Topliss-reactive ketones (excluding diaryl/α,β-unsaturated/α-hetero) is 1. The van der Waals surface area contributed by atoms with Crippen LogP contribution in [0.2, 0.25) is 0 Å². The second kappa shape index (κ2) is 6.30. The van der Waals surface area contributed by atoms with Gasteiger partial charge in [0.05, 0.1) is 0 Å². The van der Waals surface area contributed by atoms with Crippen molar-refractivity contribution in [3.8, 4) is 0 Å². The predicted octanol–water partition coefficient (Wildman–Crippen LogP) is 1.87. The summed E-state index contributed by atoms with van der Waals surface area (Å²) in [4.78, 5) is 15.5. The third-order valence-electron chi connectivity index (χ3n) is 2.18. The van der Waals surface area contributed by atoms with Crippen molar-refractivity contribution in [2.24, 2.45) is 5.92 Å². The number of hydrogen-bond acceptors (Lipinski definition) is 3. The maximum absolute atomic E-state index is 11.6. The minimum absolute atomic E-state index is 0.255. The molecule has 0 saturated carbocycles. The van der Waals surface area contributed by atoms with Gasteiger partial charge in [0.25, 0.3) is 0 Å². The number of pyridine rings is 1. The molecule has 1 rings (SSSR count). The zero-order valence-corrected chi connectivity index (χ0v) is 9.27. The summed E-state index contributed by atoms with van der Waals surface area (Å²) in [5, 5.41) is 0. The van der Waals surface area contributed by atoms with Gasteiger partial charge in [0, 0.05) is 39.0 Å². The van der Waals surface area contributed by atoms with Gasteiger partial charge in [-0.1, -0.05) is 6.92 Å². The molecule has 0 radical (unpaired) electrons. The van der Waals surface area contributed by atoms with Crippen LogP contribution in [0.25, 0.3) is 0 Å². The lowest BCUT2D eigenvalue weighted by molar-refractivity contribution is -0.119. The minimum Gasteiger partial charge on any atom is -0.384 e. The van der Waals surface area contributed by atoms with Gasteiger partial charge in [-0.15, -0.1) is 0 Å². The van der Waals surface area contributed by atoms with Crippen molar-refractivity contribution in [1.82, 2.24) is 4.98 Å². The largest absolute Gasteiger partial charge is 0.384 e. The zero-order valence-electron chi connectivity index (χ0n) is 9.27. The first kappa shape index (κ1) is 11.9. The number of hydrogen-bond donors (Lipinski definition) is 0. The molecule has 15 heavy (non-hydrogen) atoms. The Kier molecular flexibility index (Phi) is 4.98. The summed E-state index contributed by atoms with van der Waals surface area (Å²) in [5.41, 5.74) is 1.03. The molecule has 0 bridgehead atoms. The quantitative estimate of drug-likeness (QED) is 0.714. The number of methoxy groups -OCH3 is 1. The molecule has 1 heterocycles. The fourth-order valence-electron chi connectivity index (χ4n) is 1.53. The topological polar surface area (TPSA) is 39.2 Å². The van der Waals surface area contributed by atoms with Crippen LogP contribution in [0.1, 0.15) is 18.9 Å². The van der Waals surface area contributed by atoms with Gasteiger partial charge >= 0.3 is 0 Å². The number of ether oxygens (including phenoxy) is 1. The lowest BCUT2D eigenvalue weighted by Crippen LogP contribution is -2.12. The van der Waals surface area contributed by atoms with Crippen LogP contribution in [-0.2, 0) is 16.0 Å². The van der Waals surface area contributed by atoms with Gasteiger partial charge in [0.2, 0.25) is 0 Å². The average Bonchev–Trinajstić information content (AvgIpc) is 2.19. The Morgan fingerprint density at radius 2 is 2.13 bits per heavy atom. The number of carbonyl (C=O) groups is 1. The summed E-state index contributed by atoms with van der Waals surface area (Å²) in [6.07, 6.45) is 4.50. The van der Waals surface area contributed by atoms with Crippen molar-refractivity contribution in [1.29, 1.82) is 0 Å². The van der Waals surface area contributed by atoms with Crippen molar-refractivity contribution < 1.29 is 9.53 Å². The monoisotopic (exact) mass is 207 g/mol. The maximum atomic E-state index is 11.6. The number of carbonyl (C=O) groups excluding carboxylic acids is 1. The van der Waals surface area contributed by atoms with Crippen LogP contribution in [0, 0.1) is 5.92 Å². The molecule has 0 aromatic carbocycles. The molecule has 0 aliphatic rings. The van der Waals surface area contributed by atoms with Crippen LogP contribution in [0.4, 0.5) is 0 Å². The molecule has 3 nitrogen and oxygen atoms in total. The molecule has 0 fully saturated rings.